The smallest absolute Gasteiger partial charge is 0.420 e. The number of hydrogen-bond donors (Lipinski definition) is 3. The molecule has 2 amide bonds. The lowest BCUT2D eigenvalue weighted by molar-refractivity contribution is -0.138. The highest BCUT2D eigenvalue weighted by atomic mass is 19.4. The predicted molar refractivity (Wildman–Crippen MR) is 136 cm³/mol. The first kappa shape index (κ1) is 28.2. The Balaban J connectivity index is 1.85. The van der Waals surface area contributed by atoms with E-state index in [1.54, 1.807) is 24.4 Å². The van der Waals surface area contributed by atoms with Gasteiger partial charge in [0.05, 0.1) is 30.0 Å². The first-order valence-electron chi connectivity index (χ1n) is 11.7. The number of carboxylic acid groups (broad SMARTS) is 1. The summed E-state index contributed by atoms with van der Waals surface area (Å²) in [6.07, 6.45) is -4.60. The number of aromatic nitrogens is 1. The number of pyridine rings is 1. The quantitative estimate of drug-likeness (QED) is 0.220. The second kappa shape index (κ2) is 11.8. The molecule has 8 nitrogen and oxygen atoms in total. The molecule has 200 valence electrons. The third-order valence-electron chi connectivity index (χ3n) is 5.59. The number of ether oxygens (including phenoxy) is 1. The van der Waals surface area contributed by atoms with Gasteiger partial charge in [-0.15, -0.1) is 0 Å². The molecular weight excluding hydrogens is 503 g/mol. The van der Waals surface area contributed by atoms with Crippen molar-refractivity contribution < 1.29 is 37.4 Å². The summed E-state index contributed by atoms with van der Waals surface area (Å²) >= 11 is 0. The lowest BCUT2D eigenvalue weighted by Gasteiger charge is -2.18. The Kier molecular flexibility index (Phi) is 8.72. The van der Waals surface area contributed by atoms with E-state index in [2.05, 4.69) is 10.3 Å². The zero-order chi connectivity index (χ0) is 28.0. The second-order valence-electron chi connectivity index (χ2n) is 8.33. The fraction of sp³-hybridized carbons (Fsp3) is 0.259. The summed E-state index contributed by atoms with van der Waals surface area (Å²) in [6, 6.07) is 9.95. The molecule has 0 aliphatic heterocycles. The van der Waals surface area contributed by atoms with E-state index in [1.165, 1.54) is 13.0 Å². The van der Waals surface area contributed by atoms with Crippen molar-refractivity contribution in [1.82, 2.24) is 4.98 Å². The number of amides is 2. The van der Waals surface area contributed by atoms with Crippen LogP contribution in [0.3, 0.4) is 0 Å². The monoisotopic (exact) mass is 529 g/mol. The maximum Gasteiger partial charge on any atom is 0.420 e. The molecule has 0 fully saturated rings. The van der Waals surface area contributed by atoms with E-state index in [0.717, 1.165) is 34.9 Å². The molecule has 0 radical (unpaired) electrons. The number of hydrogen-bond acceptors (Lipinski definition) is 5. The van der Waals surface area contributed by atoms with E-state index in [0.29, 0.717) is 6.07 Å². The van der Waals surface area contributed by atoms with E-state index >= 15 is 0 Å². The number of Topliss-reactive ketones (excluding diaryl/α,β-unsaturated/α-hetero) is 1. The minimum Gasteiger partial charge on any atom is -0.493 e. The summed E-state index contributed by atoms with van der Waals surface area (Å²) in [5.74, 6) is -2.10. The number of alkyl halides is 3. The number of anilines is 2. The van der Waals surface area contributed by atoms with Crippen LogP contribution in [0.2, 0.25) is 0 Å². The van der Waals surface area contributed by atoms with Crippen LogP contribution in [0.25, 0.3) is 11.1 Å². The zero-order valence-corrected chi connectivity index (χ0v) is 20.9. The molecule has 0 atom stereocenters. The fourth-order valence-corrected chi connectivity index (χ4v) is 3.81. The van der Waals surface area contributed by atoms with E-state index in [-0.39, 0.29) is 17.9 Å². The van der Waals surface area contributed by atoms with Crippen LogP contribution in [0.15, 0.2) is 48.7 Å². The molecule has 0 spiro atoms. The molecule has 0 aliphatic rings. The van der Waals surface area contributed by atoms with Gasteiger partial charge in [0.25, 0.3) is 0 Å². The average molecular weight is 530 g/mol. The van der Waals surface area contributed by atoms with Gasteiger partial charge < -0.3 is 15.2 Å². The SMILES string of the molecule is CCOc1cc(NC(=O)O)c(NC(=O)CC(=O)c2cccc(-c3cnc(CC)cc3C)c2)cc1C(F)(F)F. The van der Waals surface area contributed by atoms with Crippen molar-refractivity contribution >= 4 is 29.2 Å². The van der Waals surface area contributed by atoms with Gasteiger partial charge in [-0.25, -0.2) is 4.79 Å². The summed E-state index contributed by atoms with van der Waals surface area (Å²) in [7, 11) is 0. The predicted octanol–water partition coefficient (Wildman–Crippen LogP) is 6.34. The number of aryl methyl sites for hydroxylation is 2. The first-order valence-corrected chi connectivity index (χ1v) is 11.7. The van der Waals surface area contributed by atoms with Crippen LogP contribution < -0.4 is 15.4 Å². The highest BCUT2D eigenvalue weighted by molar-refractivity contribution is 6.12. The van der Waals surface area contributed by atoms with Crippen LogP contribution in [0.1, 0.15) is 47.4 Å². The molecule has 1 aromatic heterocycles. The van der Waals surface area contributed by atoms with Crippen molar-refractivity contribution in [1.29, 1.82) is 0 Å². The highest BCUT2D eigenvalue weighted by Crippen LogP contribution is 2.41. The summed E-state index contributed by atoms with van der Waals surface area (Å²) < 4.78 is 45.7. The second-order valence-corrected chi connectivity index (χ2v) is 8.33. The maximum atomic E-state index is 13.6. The van der Waals surface area contributed by atoms with Crippen molar-refractivity contribution in [3.05, 3.63) is 71.0 Å². The van der Waals surface area contributed by atoms with Crippen molar-refractivity contribution in [2.45, 2.75) is 39.8 Å². The zero-order valence-electron chi connectivity index (χ0n) is 20.9. The van der Waals surface area contributed by atoms with Gasteiger partial charge in [-0.1, -0.05) is 25.1 Å². The molecule has 0 saturated carbocycles. The molecule has 0 saturated heterocycles. The number of ketones is 1. The Bertz CT molecular complexity index is 1370. The fourth-order valence-electron chi connectivity index (χ4n) is 3.81. The van der Waals surface area contributed by atoms with Gasteiger partial charge in [0.1, 0.15) is 5.75 Å². The van der Waals surface area contributed by atoms with E-state index < -0.39 is 47.4 Å². The average Bonchev–Trinajstić information content (AvgIpc) is 2.84. The van der Waals surface area contributed by atoms with Crippen molar-refractivity contribution in [2.24, 2.45) is 0 Å². The van der Waals surface area contributed by atoms with E-state index in [4.69, 9.17) is 9.84 Å². The molecule has 0 bridgehead atoms. The molecule has 3 rings (SSSR count). The molecule has 0 unspecified atom stereocenters. The Morgan fingerprint density at radius 2 is 1.74 bits per heavy atom. The number of benzene rings is 2. The molecular formula is C27H26F3N3O5. The van der Waals surface area contributed by atoms with Gasteiger partial charge in [0, 0.05) is 29.1 Å². The lowest BCUT2D eigenvalue weighted by Crippen LogP contribution is -2.20. The number of nitrogens with zero attached hydrogens (tertiary/aromatic N) is 1. The van der Waals surface area contributed by atoms with E-state index in [1.807, 2.05) is 25.2 Å². The van der Waals surface area contributed by atoms with Gasteiger partial charge in [0.2, 0.25) is 5.91 Å². The standard InChI is InChI=1S/C27H26F3N3O5/c1-4-18-9-15(3)19(14-31-18)16-7-6-8-17(10-16)23(34)13-25(35)32-21-11-20(27(28,29)30)24(38-5-2)12-22(21)33-26(36)37/h6-12,14,33H,4-5,13H2,1-3H3,(H,32,35)(H,36,37). The number of halogens is 3. The van der Waals surface area contributed by atoms with Crippen LogP contribution in [0.4, 0.5) is 29.3 Å². The molecule has 3 N–H and O–H groups in total. The van der Waals surface area contributed by atoms with Gasteiger partial charge in [-0.3, -0.25) is 19.9 Å². The van der Waals surface area contributed by atoms with Gasteiger partial charge in [-0.2, -0.15) is 13.2 Å². The van der Waals surface area contributed by atoms with Crippen LogP contribution >= 0.6 is 0 Å². The van der Waals surface area contributed by atoms with Crippen LogP contribution in [0.5, 0.6) is 5.75 Å². The summed E-state index contributed by atoms with van der Waals surface area (Å²) in [5.41, 5.74) is 1.65. The van der Waals surface area contributed by atoms with Gasteiger partial charge in [-0.05, 0) is 49.6 Å². The lowest BCUT2D eigenvalue weighted by atomic mass is 9.98. The third-order valence-corrected chi connectivity index (χ3v) is 5.59. The topological polar surface area (TPSA) is 118 Å². The van der Waals surface area contributed by atoms with Crippen LogP contribution in [-0.2, 0) is 17.4 Å². The molecule has 3 aromatic rings. The Hall–Kier alpha value is -4.41. The molecule has 38 heavy (non-hydrogen) atoms. The van der Waals surface area contributed by atoms with E-state index in [9.17, 15) is 27.6 Å². The summed E-state index contributed by atoms with van der Waals surface area (Å²) in [4.78, 5) is 41.1. The first-order chi connectivity index (χ1) is 17.9. The van der Waals surface area contributed by atoms with Crippen LogP contribution in [-0.4, -0.2) is 34.5 Å². The maximum absolute atomic E-state index is 13.6. The Morgan fingerprint density at radius 1 is 1.03 bits per heavy atom. The molecule has 0 aliphatic carbocycles. The van der Waals surface area contributed by atoms with Gasteiger partial charge in [0.15, 0.2) is 5.78 Å². The molecule has 2 aromatic carbocycles. The number of carbonyl (C=O) groups is 3. The molecule has 1 heterocycles. The van der Waals surface area contributed by atoms with Gasteiger partial charge >= 0.3 is 12.3 Å². The summed E-state index contributed by atoms with van der Waals surface area (Å²) in [5, 5.41) is 13.3. The Morgan fingerprint density at radius 3 is 2.34 bits per heavy atom. The Labute approximate surface area is 216 Å². The minimum absolute atomic E-state index is 0.104. The van der Waals surface area contributed by atoms with Crippen molar-refractivity contribution in [3.8, 4) is 16.9 Å². The van der Waals surface area contributed by atoms with Crippen molar-refractivity contribution in [3.63, 3.8) is 0 Å². The number of rotatable bonds is 9. The third kappa shape index (κ3) is 6.87. The number of carbonyl (C=O) groups excluding carboxylic acids is 2. The normalized spacial score (nSPS) is 11.1. The number of nitrogens with one attached hydrogen (secondary N) is 2. The molecule has 11 heteroatoms. The summed E-state index contributed by atoms with van der Waals surface area (Å²) in [6.45, 7) is 5.28. The highest BCUT2D eigenvalue weighted by Gasteiger charge is 2.36. The minimum atomic E-state index is -4.84. The largest absolute Gasteiger partial charge is 0.493 e. The van der Waals surface area contributed by atoms with Crippen molar-refractivity contribution in [2.75, 3.05) is 17.2 Å². The van der Waals surface area contributed by atoms with Crippen LogP contribution in [0, 0.1) is 6.92 Å².